The molecule has 2 fully saturated rings. The number of hydrogen-bond acceptors (Lipinski definition) is 5. The van der Waals surface area contributed by atoms with Crippen LogP contribution in [-0.2, 0) is 14.8 Å². The molecule has 0 unspecified atom stereocenters. The lowest BCUT2D eigenvalue weighted by molar-refractivity contribution is 0.0678. The van der Waals surface area contributed by atoms with Crippen LogP contribution in [0.4, 0.5) is 0 Å². The Morgan fingerprint density at radius 3 is 2.58 bits per heavy atom. The van der Waals surface area contributed by atoms with Gasteiger partial charge in [0.05, 0.1) is 5.75 Å². The number of nitrogens with zero attached hydrogens (tertiary/aromatic N) is 1. The second-order valence-electron chi connectivity index (χ2n) is 5.31. The van der Waals surface area contributed by atoms with Gasteiger partial charge in [-0.2, -0.15) is 0 Å². The summed E-state index contributed by atoms with van der Waals surface area (Å²) in [5.74, 6) is 0.638. The van der Waals surface area contributed by atoms with Crippen molar-refractivity contribution in [2.45, 2.75) is 12.8 Å². The molecule has 2 heterocycles. The fourth-order valence-electron chi connectivity index (χ4n) is 2.45. The molecule has 0 amide bonds. The summed E-state index contributed by atoms with van der Waals surface area (Å²) in [6.07, 6.45) is 1.92. The lowest BCUT2D eigenvalue weighted by atomic mass is 10.0. The Balaban J connectivity index is 1.65. The first kappa shape index (κ1) is 15.2. The van der Waals surface area contributed by atoms with Gasteiger partial charge in [0.2, 0.25) is 10.0 Å². The van der Waals surface area contributed by atoms with E-state index in [0.29, 0.717) is 19.0 Å². The lowest BCUT2D eigenvalue weighted by Gasteiger charge is -2.27. The van der Waals surface area contributed by atoms with Crippen molar-refractivity contribution in [3.05, 3.63) is 0 Å². The van der Waals surface area contributed by atoms with Crippen molar-refractivity contribution in [3.8, 4) is 0 Å². The molecule has 0 aliphatic carbocycles. The number of ether oxygens (including phenoxy) is 1. The molecule has 6 nitrogen and oxygen atoms in total. The van der Waals surface area contributed by atoms with Gasteiger partial charge in [-0.1, -0.05) is 0 Å². The van der Waals surface area contributed by atoms with E-state index in [-0.39, 0.29) is 5.75 Å². The number of hydrogen-bond donors (Lipinski definition) is 2. The largest absolute Gasteiger partial charge is 0.381 e. The Morgan fingerprint density at radius 2 is 1.89 bits per heavy atom. The van der Waals surface area contributed by atoms with Gasteiger partial charge < -0.3 is 10.1 Å². The average molecular weight is 291 g/mol. The summed E-state index contributed by atoms with van der Waals surface area (Å²) in [5.41, 5.74) is 0. The smallest absolute Gasteiger partial charge is 0.212 e. The molecule has 0 atom stereocenters. The van der Waals surface area contributed by atoms with Crippen molar-refractivity contribution in [2.24, 2.45) is 5.92 Å². The molecular weight excluding hydrogens is 266 g/mol. The maximum Gasteiger partial charge on any atom is 0.212 e. The quantitative estimate of drug-likeness (QED) is 0.673. The molecule has 0 aromatic heterocycles. The molecule has 0 radical (unpaired) electrons. The minimum atomic E-state index is -3.13. The minimum absolute atomic E-state index is 0.205. The molecule has 0 spiro atoms. The summed E-state index contributed by atoms with van der Waals surface area (Å²) in [6, 6.07) is 0. The van der Waals surface area contributed by atoms with Crippen LogP contribution in [-0.4, -0.2) is 71.6 Å². The number of piperazine rings is 1. The number of nitrogens with one attached hydrogen (secondary N) is 2. The van der Waals surface area contributed by atoms with Gasteiger partial charge in [-0.3, -0.25) is 4.90 Å². The van der Waals surface area contributed by atoms with E-state index in [4.69, 9.17) is 4.74 Å². The van der Waals surface area contributed by atoms with Crippen LogP contribution in [0.5, 0.6) is 0 Å². The van der Waals surface area contributed by atoms with Crippen molar-refractivity contribution in [1.82, 2.24) is 14.9 Å². The van der Waals surface area contributed by atoms with Crippen LogP contribution in [0.25, 0.3) is 0 Å². The predicted molar refractivity (Wildman–Crippen MR) is 74.6 cm³/mol. The second kappa shape index (κ2) is 7.54. The third kappa shape index (κ3) is 5.74. The summed E-state index contributed by atoms with van der Waals surface area (Å²) in [7, 11) is -3.13. The highest BCUT2D eigenvalue weighted by Crippen LogP contribution is 2.13. The van der Waals surface area contributed by atoms with Gasteiger partial charge in [0, 0.05) is 52.5 Å². The third-order valence-corrected chi connectivity index (χ3v) is 5.15. The molecule has 19 heavy (non-hydrogen) atoms. The Morgan fingerprint density at radius 1 is 1.21 bits per heavy atom. The van der Waals surface area contributed by atoms with Gasteiger partial charge in [-0.25, -0.2) is 13.1 Å². The first-order valence-electron chi connectivity index (χ1n) is 7.14. The van der Waals surface area contributed by atoms with E-state index in [0.717, 1.165) is 52.2 Å². The molecule has 0 bridgehead atoms. The fraction of sp³-hybridized carbons (Fsp3) is 1.00. The maximum atomic E-state index is 11.9. The van der Waals surface area contributed by atoms with Crippen molar-refractivity contribution >= 4 is 10.0 Å². The van der Waals surface area contributed by atoms with Gasteiger partial charge >= 0.3 is 0 Å². The van der Waals surface area contributed by atoms with Gasteiger partial charge in [0.1, 0.15) is 0 Å². The zero-order valence-corrected chi connectivity index (χ0v) is 12.3. The van der Waals surface area contributed by atoms with Crippen LogP contribution in [0.15, 0.2) is 0 Å². The monoisotopic (exact) mass is 291 g/mol. The normalized spacial score (nSPS) is 23.6. The highest BCUT2D eigenvalue weighted by atomic mass is 32.2. The van der Waals surface area contributed by atoms with E-state index in [1.165, 1.54) is 0 Å². The first-order chi connectivity index (χ1) is 9.16. The highest BCUT2D eigenvalue weighted by Gasteiger charge is 2.19. The van der Waals surface area contributed by atoms with E-state index in [1.54, 1.807) is 0 Å². The maximum absolute atomic E-state index is 11.9. The number of rotatable bonds is 6. The van der Waals surface area contributed by atoms with Crippen LogP contribution in [0.2, 0.25) is 0 Å². The van der Waals surface area contributed by atoms with Crippen LogP contribution in [0, 0.1) is 5.92 Å². The fourth-order valence-corrected chi connectivity index (χ4v) is 3.58. The Hall–Kier alpha value is -0.210. The zero-order chi connectivity index (χ0) is 13.6. The molecule has 2 rings (SSSR count). The molecule has 0 saturated carbocycles. The topological polar surface area (TPSA) is 70.7 Å². The SMILES string of the molecule is O=S(=O)(CCN1CCNCC1)NCC1CCOCC1. The molecule has 112 valence electrons. The van der Waals surface area contributed by atoms with Gasteiger partial charge in [-0.15, -0.1) is 0 Å². The summed E-state index contributed by atoms with van der Waals surface area (Å²) in [5, 5.41) is 3.26. The summed E-state index contributed by atoms with van der Waals surface area (Å²) >= 11 is 0. The summed E-state index contributed by atoms with van der Waals surface area (Å²) < 4.78 is 31.9. The van der Waals surface area contributed by atoms with Crippen molar-refractivity contribution in [3.63, 3.8) is 0 Å². The predicted octanol–water partition coefficient (Wildman–Crippen LogP) is -0.762. The first-order valence-corrected chi connectivity index (χ1v) is 8.79. The Bertz CT molecular complexity index is 321. The minimum Gasteiger partial charge on any atom is -0.381 e. The zero-order valence-electron chi connectivity index (χ0n) is 11.4. The van der Waals surface area contributed by atoms with E-state index < -0.39 is 10.0 Å². The molecule has 2 aliphatic rings. The lowest BCUT2D eigenvalue weighted by Crippen LogP contribution is -2.46. The molecule has 7 heteroatoms. The number of sulfonamides is 1. The molecule has 2 saturated heterocycles. The van der Waals surface area contributed by atoms with Gasteiger partial charge in [0.15, 0.2) is 0 Å². The van der Waals surface area contributed by atoms with Crippen molar-refractivity contribution < 1.29 is 13.2 Å². The van der Waals surface area contributed by atoms with E-state index in [1.807, 2.05) is 0 Å². The average Bonchev–Trinajstić information content (AvgIpc) is 2.46. The molecule has 0 aromatic carbocycles. The Kier molecular flexibility index (Phi) is 6.03. The molecular formula is C12H25N3O3S. The van der Waals surface area contributed by atoms with Crippen molar-refractivity contribution in [2.75, 3.05) is 58.2 Å². The van der Waals surface area contributed by atoms with Gasteiger partial charge in [0.25, 0.3) is 0 Å². The highest BCUT2D eigenvalue weighted by molar-refractivity contribution is 7.89. The standard InChI is InChI=1S/C12H25N3O3S/c16-19(17,10-7-15-5-3-13-4-6-15)14-11-12-1-8-18-9-2-12/h12-14H,1-11H2. The molecule has 2 aliphatic heterocycles. The summed E-state index contributed by atoms with van der Waals surface area (Å²) in [6.45, 7) is 6.49. The molecule has 2 N–H and O–H groups in total. The van der Waals surface area contributed by atoms with Crippen LogP contribution in [0.3, 0.4) is 0 Å². The van der Waals surface area contributed by atoms with E-state index in [2.05, 4.69) is 14.9 Å². The van der Waals surface area contributed by atoms with Crippen LogP contribution in [0.1, 0.15) is 12.8 Å². The van der Waals surface area contributed by atoms with E-state index >= 15 is 0 Å². The van der Waals surface area contributed by atoms with E-state index in [9.17, 15) is 8.42 Å². The van der Waals surface area contributed by atoms with Crippen LogP contribution >= 0.6 is 0 Å². The Labute approximate surface area is 115 Å². The van der Waals surface area contributed by atoms with Gasteiger partial charge in [-0.05, 0) is 18.8 Å². The second-order valence-corrected chi connectivity index (χ2v) is 7.24. The van der Waals surface area contributed by atoms with Crippen molar-refractivity contribution in [1.29, 1.82) is 0 Å². The summed E-state index contributed by atoms with van der Waals surface area (Å²) in [4.78, 5) is 2.20. The van der Waals surface area contributed by atoms with Crippen LogP contribution < -0.4 is 10.0 Å². The third-order valence-electron chi connectivity index (χ3n) is 3.82. The molecule has 0 aromatic rings.